The van der Waals surface area contributed by atoms with Gasteiger partial charge < -0.3 is 15.4 Å². The fraction of sp³-hybridized carbons (Fsp3) is 0.579. The van der Waals surface area contributed by atoms with E-state index in [1.165, 1.54) is 13.1 Å². The molecule has 1 heterocycles. The number of carbonyl (C=O) groups is 2. The second-order valence-electron chi connectivity index (χ2n) is 7.68. The first-order valence-corrected chi connectivity index (χ1v) is 9.12. The molecule has 29 heavy (non-hydrogen) atoms. The minimum atomic E-state index is -1.03. The number of piperidine rings is 1. The fourth-order valence-electron chi connectivity index (χ4n) is 2.93. The van der Waals surface area contributed by atoms with E-state index in [0.29, 0.717) is 18.5 Å². The fourth-order valence-corrected chi connectivity index (χ4v) is 2.93. The van der Waals surface area contributed by atoms with Crippen LogP contribution in [-0.4, -0.2) is 48.6 Å². The van der Waals surface area contributed by atoms with Crippen LogP contribution in [0.25, 0.3) is 0 Å². The molecule has 1 fully saturated rings. The predicted octanol–water partition coefficient (Wildman–Crippen LogP) is 2.15. The summed E-state index contributed by atoms with van der Waals surface area (Å²) in [4.78, 5) is 31.8. The maximum absolute atomic E-state index is 13.4. The third kappa shape index (κ3) is 8.10. The van der Waals surface area contributed by atoms with Crippen LogP contribution in [0.3, 0.4) is 0 Å². The lowest BCUT2D eigenvalue weighted by molar-refractivity contribution is -0.527. The Hall–Kier alpha value is -2.62. The van der Waals surface area contributed by atoms with Gasteiger partial charge in [-0.3, -0.25) is 19.7 Å². The van der Waals surface area contributed by atoms with E-state index in [-0.39, 0.29) is 30.5 Å². The van der Waals surface area contributed by atoms with E-state index in [4.69, 9.17) is 0 Å². The third-order valence-corrected chi connectivity index (χ3v) is 4.37. The third-order valence-electron chi connectivity index (χ3n) is 4.37. The molecular weight excluding hydrogens is 388 g/mol. The van der Waals surface area contributed by atoms with Crippen LogP contribution in [0.2, 0.25) is 0 Å². The van der Waals surface area contributed by atoms with Gasteiger partial charge in [0.15, 0.2) is 11.6 Å². The van der Waals surface area contributed by atoms with Crippen molar-refractivity contribution in [1.82, 2.24) is 10.6 Å². The lowest BCUT2D eigenvalue weighted by Gasteiger charge is -2.32. The Labute approximate surface area is 168 Å². The molecule has 0 aliphatic carbocycles. The summed E-state index contributed by atoms with van der Waals surface area (Å²) in [7, 11) is 1.51. The van der Waals surface area contributed by atoms with E-state index >= 15 is 0 Å². The van der Waals surface area contributed by atoms with Crippen LogP contribution in [0.1, 0.15) is 45.1 Å². The predicted molar refractivity (Wildman–Crippen MR) is 102 cm³/mol. The van der Waals surface area contributed by atoms with E-state index < -0.39 is 28.5 Å². The molecule has 8 nitrogen and oxygen atoms in total. The number of amides is 1. The summed E-state index contributed by atoms with van der Waals surface area (Å²) in [6.07, 6.45) is 0.491. The zero-order valence-electron chi connectivity index (χ0n) is 16.9. The summed E-state index contributed by atoms with van der Waals surface area (Å²) < 4.78 is 31.0. The lowest BCUT2D eigenvalue weighted by atomic mass is 9.82. The molecule has 0 aromatic heterocycles. The molecule has 162 valence electrons. The van der Waals surface area contributed by atoms with Crippen molar-refractivity contribution in [2.45, 2.75) is 57.2 Å². The van der Waals surface area contributed by atoms with Crippen molar-refractivity contribution in [3.05, 3.63) is 45.5 Å². The van der Waals surface area contributed by atoms with Gasteiger partial charge in [-0.1, -0.05) is 6.07 Å². The average molecular weight is 415 g/mol. The van der Waals surface area contributed by atoms with Gasteiger partial charge in [0.2, 0.25) is 11.9 Å². The molecule has 0 saturated carbocycles. The van der Waals surface area contributed by atoms with E-state index in [1.807, 2.05) is 20.8 Å². The highest BCUT2D eigenvalue weighted by Crippen LogP contribution is 2.31. The molecule has 1 aromatic carbocycles. The van der Waals surface area contributed by atoms with E-state index in [1.54, 1.807) is 0 Å². The molecule has 1 aromatic rings. The molecule has 1 saturated heterocycles. The second-order valence-corrected chi connectivity index (χ2v) is 7.68. The van der Waals surface area contributed by atoms with Gasteiger partial charge in [-0.25, -0.2) is 8.78 Å². The van der Waals surface area contributed by atoms with Crippen LogP contribution in [0.4, 0.5) is 8.78 Å². The first-order chi connectivity index (χ1) is 13.5. The molecule has 1 aliphatic heterocycles. The summed E-state index contributed by atoms with van der Waals surface area (Å²) >= 11 is 0. The van der Waals surface area contributed by atoms with Crippen molar-refractivity contribution < 1.29 is 28.0 Å². The van der Waals surface area contributed by atoms with E-state index in [9.17, 15) is 28.5 Å². The Morgan fingerprint density at radius 1 is 1.38 bits per heavy atom. The van der Waals surface area contributed by atoms with Gasteiger partial charge in [0, 0.05) is 24.4 Å². The van der Waals surface area contributed by atoms with Crippen molar-refractivity contribution >= 4 is 12.4 Å². The number of hydrogen-bond acceptors (Lipinski definition) is 6. The zero-order valence-corrected chi connectivity index (χ0v) is 16.9. The first-order valence-electron chi connectivity index (χ1n) is 9.12. The van der Waals surface area contributed by atoms with Crippen molar-refractivity contribution in [2.75, 3.05) is 13.6 Å². The van der Waals surface area contributed by atoms with Crippen LogP contribution >= 0.6 is 0 Å². The Bertz CT molecular complexity index is 724. The Morgan fingerprint density at radius 3 is 2.48 bits per heavy atom. The topological polar surface area (TPSA) is 111 Å². The summed E-state index contributed by atoms with van der Waals surface area (Å²) in [6.45, 7) is 6.00. The summed E-state index contributed by atoms with van der Waals surface area (Å²) in [6, 6.07) is 2.15. The van der Waals surface area contributed by atoms with Crippen molar-refractivity contribution in [2.24, 2.45) is 0 Å². The summed E-state index contributed by atoms with van der Waals surface area (Å²) in [5.74, 6) is -2.76. The standard InChI is InChI=1S/C14H17F2N3O3.C5H10O2/c1-17-14(20)6-9-5-10(13(7-18-9)19(21)22)8-2-3-11(15)12(16)4-8;1-5(2,3)7-4-6/h2-4,9-10,13,18H,5-7H2,1H3,(H,17,20);4H,1-3H3/t9?,10-,13+;/m0./s1. The van der Waals surface area contributed by atoms with Crippen LogP contribution < -0.4 is 10.6 Å². The second kappa shape index (κ2) is 10.8. The number of nitro groups is 1. The molecule has 0 bridgehead atoms. The van der Waals surface area contributed by atoms with Crippen molar-refractivity contribution in [3.8, 4) is 0 Å². The smallest absolute Gasteiger partial charge is 0.293 e. The molecular formula is C19H27F2N3O5. The molecule has 0 spiro atoms. The van der Waals surface area contributed by atoms with Crippen LogP contribution in [0, 0.1) is 21.7 Å². The number of rotatable bonds is 5. The number of benzene rings is 1. The van der Waals surface area contributed by atoms with Gasteiger partial charge in [-0.2, -0.15) is 0 Å². The Balaban J connectivity index is 0.000000516. The number of nitrogens with one attached hydrogen (secondary N) is 2. The van der Waals surface area contributed by atoms with Crippen LogP contribution in [0.15, 0.2) is 18.2 Å². The molecule has 1 amide bonds. The molecule has 3 atom stereocenters. The Morgan fingerprint density at radius 2 is 2.03 bits per heavy atom. The molecule has 10 heteroatoms. The first kappa shape index (κ1) is 24.4. The SMILES string of the molecule is CC(C)(C)OC=O.CNC(=O)CC1C[C@@H](c2ccc(F)c(F)c2)[C@H]([N+](=O)[O-])CN1. The van der Waals surface area contributed by atoms with E-state index in [0.717, 1.165) is 12.1 Å². The number of carbonyl (C=O) groups excluding carboxylic acids is 2. The zero-order chi connectivity index (χ0) is 22.2. The average Bonchev–Trinajstić information content (AvgIpc) is 2.63. The molecule has 2 N–H and O–H groups in total. The molecule has 2 rings (SSSR count). The number of nitrogens with zero attached hydrogens (tertiary/aromatic N) is 1. The van der Waals surface area contributed by atoms with Crippen LogP contribution in [-0.2, 0) is 14.3 Å². The van der Waals surface area contributed by atoms with Gasteiger partial charge in [0.1, 0.15) is 5.60 Å². The maximum atomic E-state index is 13.4. The lowest BCUT2D eigenvalue weighted by Crippen LogP contribution is -2.50. The van der Waals surface area contributed by atoms with Gasteiger partial charge in [-0.15, -0.1) is 0 Å². The van der Waals surface area contributed by atoms with Gasteiger partial charge in [0.05, 0.1) is 12.5 Å². The molecule has 1 aliphatic rings. The molecule has 0 radical (unpaired) electrons. The van der Waals surface area contributed by atoms with Crippen molar-refractivity contribution in [3.63, 3.8) is 0 Å². The summed E-state index contributed by atoms with van der Waals surface area (Å²) in [5.41, 5.74) is 0.0610. The minimum absolute atomic E-state index is 0.0817. The quantitative estimate of drug-likeness (QED) is 0.433. The highest BCUT2D eigenvalue weighted by Gasteiger charge is 2.39. The van der Waals surface area contributed by atoms with Gasteiger partial charge >= 0.3 is 0 Å². The summed E-state index contributed by atoms with van der Waals surface area (Å²) in [5, 5.41) is 16.7. The van der Waals surface area contributed by atoms with Crippen LogP contribution in [0.5, 0.6) is 0 Å². The Kier molecular flexibility index (Phi) is 9.09. The monoisotopic (exact) mass is 415 g/mol. The largest absolute Gasteiger partial charge is 0.462 e. The van der Waals surface area contributed by atoms with E-state index in [2.05, 4.69) is 15.4 Å². The number of ether oxygens (including phenoxy) is 1. The van der Waals surface area contributed by atoms with Gasteiger partial charge in [-0.05, 0) is 44.9 Å². The maximum Gasteiger partial charge on any atom is 0.293 e. The number of halogens is 2. The normalized spacial score (nSPS) is 21.4. The van der Waals surface area contributed by atoms with Gasteiger partial charge in [0.25, 0.3) is 6.47 Å². The minimum Gasteiger partial charge on any atom is -0.462 e. The highest BCUT2D eigenvalue weighted by atomic mass is 19.2. The molecule has 1 unspecified atom stereocenters. The van der Waals surface area contributed by atoms with Crippen molar-refractivity contribution in [1.29, 1.82) is 0 Å². The highest BCUT2D eigenvalue weighted by molar-refractivity contribution is 5.76. The number of hydrogen-bond donors (Lipinski definition) is 2.